The monoisotopic (exact) mass is 416 g/mol. The lowest BCUT2D eigenvalue weighted by Crippen LogP contribution is -2.09. The Labute approximate surface area is 167 Å². The molecule has 0 unspecified atom stereocenters. The van der Waals surface area contributed by atoms with Gasteiger partial charge in [-0.05, 0) is 42.5 Å². The topological polar surface area (TPSA) is 25.4 Å². The Bertz CT molecular complexity index is 969. The highest BCUT2D eigenvalue weighted by molar-refractivity contribution is 9.10. The highest BCUT2D eigenvalue weighted by atomic mass is 79.9. The summed E-state index contributed by atoms with van der Waals surface area (Å²) in [5.41, 5.74) is 3.14. The summed E-state index contributed by atoms with van der Waals surface area (Å²) in [6.45, 7) is 0. The van der Waals surface area contributed by atoms with E-state index in [1.807, 2.05) is 66.7 Å². The summed E-state index contributed by atoms with van der Waals surface area (Å²) in [4.78, 5) is 6.43. The fourth-order valence-electron chi connectivity index (χ4n) is 2.87. The number of para-hydroxylation sites is 2. The van der Waals surface area contributed by atoms with Gasteiger partial charge >= 0.3 is 0 Å². The van der Waals surface area contributed by atoms with Gasteiger partial charge in [0.1, 0.15) is 5.75 Å². The normalized spacial score (nSPS) is 10.4. The fraction of sp³-hybridized carbons (Fsp3) is 0. The Morgan fingerprint density at radius 1 is 0.667 bits per heavy atom. The quantitative estimate of drug-likeness (QED) is 0.346. The molecule has 0 saturated carbocycles. The van der Waals surface area contributed by atoms with Gasteiger partial charge in [-0.3, -0.25) is 0 Å². The molecule has 132 valence electrons. The summed E-state index contributed by atoms with van der Waals surface area (Å²) >= 11 is 3.61. The van der Waals surface area contributed by atoms with Crippen molar-refractivity contribution in [1.82, 2.24) is 4.98 Å². The molecule has 4 heteroatoms. The Balaban J connectivity index is 1.78. The van der Waals surface area contributed by atoms with Gasteiger partial charge in [-0.1, -0.05) is 58.4 Å². The number of benzene rings is 3. The van der Waals surface area contributed by atoms with Crippen molar-refractivity contribution in [3.05, 3.63) is 108 Å². The molecule has 27 heavy (non-hydrogen) atoms. The van der Waals surface area contributed by atoms with Crippen LogP contribution in [0, 0.1) is 0 Å². The van der Waals surface area contributed by atoms with Crippen molar-refractivity contribution in [2.75, 3.05) is 4.90 Å². The second-order valence-electron chi connectivity index (χ2n) is 5.92. The van der Waals surface area contributed by atoms with Gasteiger partial charge in [-0.2, -0.15) is 0 Å². The molecule has 0 amide bonds. The average molecular weight is 417 g/mol. The molecule has 0 radical (unpaired) electrons. The molecule has 0 bridgehead atoms. The number of hydrogen-bond acceptors (Lipinski definition) is 3. The van der Waals surface area contributed by atoms with Gasteiger partial charge in [0, 0.05) is 34.2 Å². The maximum Gasteiger partial charge on any atom is 0.219 e. The van der Waals surface area contributed by atoms with Crippen LogP contribution >= 0.6 is 15.9 Å². The lowest BCUT2D eigenvalue weighted by molar-refractivity contribution is 0.463. The maximum atomic E-state index is 5.95. The third-order valence-corrected chi connectivity index (χ3v) is 4.46. The van der Waals surface area contributed by atoms with E-state index in [0.717, 1.165) is 27.3 Å². The van der Waals surface area contributed by atoms with Crippen LogP contribution in [0.5, 0.6) is 11.6 Å². The Morgan fingerprint density at radius 2 is 1.30 bits per heavy atom. The molecule has 0 aliphatic heterocycles. The third-order valence-electron chi connectivity index (χ3n) is 4.00. The first kappa shape index (κ1) is 17.3. The number of hydrogen-bond donors (Lipinski definition) is 0. The number of aromatic nitrogens is 1. The molecule has 1 aromatic heterocycles. The average Bonchev–Trinajstić information content (AvgIpc) is 2.70. The third kappa shape index (κ3) is 4.18. The standard InChI is InChI=1S/C23H17BrN2O/c24-18-15-21(17-22(16-18)27-23-13-7-8-14-25-23)26(19-9-3-1-4-10-19)20-11-5-2-6-12-20/h1-17H. The summed E-state index contributed by atoms with van der Waals surface area (Å²) in [6, 6.07) is 32.2. The van der Waals surface area contributed by atoms with E-state index in [4.69, 9.17) is 4.74 Å². The summed E-state index contributed by atoms with van der Waals surface area (Å²) in [6.07, 6.45) is 1.72. The lowest BCUT2D eigenvalue weighted by atomic mass is 10.2. The van der Waals surface area contributed by atoms with Gasteiger partial charge < -0.3 is 9.64 Å². The largest absolute Gasteiger partial charge is 0.439 e. The van der Waals surface area contributed by atoms with E-state index in [2.05, 4.69) is 56.1 Å². The summed E-state index contributed by atoms with van der Waals surface area (Å²) in [7, 11) is 0. The molecular formula is C23H17BrN2O. The van der Waals surface area contributed by atoms with Gasteiger partial charge in [0.25, 0.3) is 0 Å². The predicted octanol–water partition coefficient (Wildman–Crippen LogP) is 7.11. The van der Waals surface area contributed by atoms with E-state index in [1.165, 1.54) is 0 Å². The van der Waals surface area contributed by atoms with E-state index >= 15 is 0 Å². The number of pyridine rings is 1. The van der Waals surface area contributed by atoms with E-state index in [-0.39, 0.29) is 0 Å². The molecule has 0 N–H and O–H groups in total. The van der Waals surface area contributed by atoms with Gasteiger partial charge in [0.15, 0.2) is 0 Å². The zero-order chi connectivity index (χ0) is 18.5. The van der Waals surface area contributed by atoms with Crippen LogP contribution in [0.3, 0.4) is 0 Å². The van der Waals surface area contributed by atoms with Gasteiger partial charge in [0.2, 0.25) is 5.88 Å². The zero-order valence-corrected chi connectivity index (χ0v) is 16.1. The van der Waals surface area contributed by atoms with Crippen molar-refractivity contribution in [2.24, 2.45) is 0 Å². The smallest absolute Gasteiger partial charge is 0.219 e. The predicted molar refractivity (Wildman–Crippen MR) is 113 cm³/mol. The van der Waals surface area contributed by atoms with E-state index in [1.54, 1.807) is 6.20 Å². The maximum absolute atomic E-state index is 5.95. The van der Waals surface area contributed by atoms with Crippen LogP contribution in [0.25, 0.3) is 0 Å². The van der Waals surface area contributed by atoms with Crippen molar-refractivity contribution >= 4 is 33.0 Å². The van der Waals surface area contributed by atoms with Crippen molar-refractivity contribution in [1.29, 1.82) is 0 Å². The van der Waals surface area contributed by atoms with Crippen LogP contribution < -0.4 is 9.64 Å². The number of rotatable bonds is 5. The SMILES string of the molecule is Brc1cc(Oc2ccccn2)cc(N(c2ccccc2)c2ccccc2)c1. The van der Waals surface area contributed by atoms with Crippen LogP contribution in [-0.4, -0.2) is 4.98 Å². The lowest BCUT2D eigenvalue weighted by Gasteiger charge is -2.26. The molecule has 3 nitrogen and oxygen atoms in total. The molecule has 0 aliphatic rings. The van der Waals surface area contributed by atoms with Gasteiger partial charge in [-0.15, -0.1) is 0 Å². The molecule has 1 heterocycles. The van der Waals surface area contributed by atoms with Crippen molar-refractivity contribution in [3.63, 3.8) is 0 Å². The molecule has 3 aromatic carbocycles. The molecule has 0 aliphatic carbocycles. The minimum Gasteiger partial charge on any atom is -0.439 e. The second-order valence-corrected chi connectivity index (χ2v) is 6.84. The van der Waals surface area contributed by atoms with Crippen LogP contribution in [-0.2, 0) is 0 Å². The summed E-state index contributed by atoms with van der Waals surface area (Å²) in [5, 5.41) is 0. The summed E-state index contributed by atoms with van der Waals surface area (Å²) in [5.74, 6) is 1.28. The molecular weight excluding hydrogens is 400 g/mol. The number of ether oxygens (including phenoxy) is 1. The minimum absolute atomic E-state index is 0.563. The van der Waals surface area contributed by atoms with Crippen LogP contribution in [0.4, 0.5) is 17.1 Å². The minimum atomic E-state index is 0.563. The van der Waals surface area contributed by atoms with Crippen molar-refractivity contribution in [2.45, 2.75) is 0 Å². The second kappa shape index (κ2) is 8.06. The molecule has 0 saturated heterocycles. The van der Waals surface area contributed by atoms with Crippen molar-refractivity contribution in [3.8, 4) is 11.6 Å². The highest BCUT2D eigenvalue weighted by Gasteiger charge is 2.14. The van der Waals surface area contributed by atoms with Gasteiger partial charge in [0.05, 0.1) is 5.69 Å². The molecule has 0 spiro atoms. The van der Waals surface area contributed by atoms with Crippen LogP contribution in [0.1, 0.15) is 0 Å². The van der Waals surface area contributed by atoms with E-state index < -0.39 is 0 Å². The van der Waals surface area contributed by atoms with E-state index in [0.29, 0.717) is 5.88 Å². The van der Waals surface area contributed by atoms with Crippen LogP contribution in [0.2, 0.25) is 0 Å². The molecule has 0 atom stereocenters. The Morgan fingerprint density at radius 3 is 1.89 bits per heavy atom. The first-order valence-electron chi connectivity index (χ1n) is 8.59. The highest BCUT2D eigenvalue weighted by Crippen LogP contribution is 2.38. The molecule has 4 aromatic rings. The first-order valence-corrected chi connectivity index (χ1v) is 9.38. The molecule has 4 rings (SSSR count). The Hall–Kier alpha value is -3.11. The number of anilines is 3. The first-order chi connectivity index (χ1) is 13.3. The van der Waals surface area contributed by atoms with Crippen LogP contribution in [0.15, 0.2) is 108 Å². The van der Waals surface area contributed by atoms with E-state index in [9.17, 15) is 0 Å². The zero-order valence-electron chi connectivity index (χ0n) is 14.5. The number of nitrogens with zero attached hydrogens (tertiary/aromatic N) is 2. The number of halogens is 1. The fourth-order valence-corrected chi connectivity index (χ4v) is 3.33. The van der Waals surface area contributed by atoms with Gasteiger partial charge in [-0.25, -0.2) is 4.98 Å². The van der Waals surface area contributed by atoms with Crippen molar-refractivity contribution < 1.29 is 4.74 Å². The summed E-state index contributed by atoms with van der Waals surface area (Å²) < 4.78 is 6.89. The molecule has 0 fully saturated rings. The Kier molecular flexibility index (Phi) is 5.17.